The van der Waals surface area contributed by atoms with Crippen molar-refractivity contribution in [3.63, 3.8) is 0 Å². The van der Waals surface area contributed by atoms with Crippen molar-refractivity contribution < 1.29 is 33.8 Å². The molecule has 1 unspecified atom stereocenters. The Morgan fingerprint density at radius 2 is 1.82 bits per heavy atom. The molecule has 1 aliphatic rings. The van der Waals surface area contributed by atoms with Gasteiger partial charge in [0, 0.05) is 24.9 Å². The molecule has 12 nitrogen and oxygen atoms in total. The normalized spacial score (nSPS) is 15.6. The molecule has 0 radical (unpaired) electrons. The van der Waals surface area contributed by atoms with Crippen LogP contribution in [0, 0.1) is 0 Å². The Morgan fingerprint density at radius 3 is 2.41 bits per heavy atom. The number of hydrogen-bond acceptors (Lipinski definition) is 7. The first kappa shape index (κ1) is 26.3. The lowest BCUT2D eigenvalue weighted by Crippen LogP contribution is -2.57. The number of nitrogens with one attached hydrogen (secondary N) is 1. The fraction of sp³-hybridized carbons (Fsp3) is 0.409. The van der Waals surface area contributed by atoms with Gasteiger partial charge in [-0.3, -0.25) is 19.3 Å². The van der Waals surface area contributed by atoms with Gasteiger partial charge in [0.15, 0.2) is 0 Å². The van der Waals surface area contributed by atoms with Crippen LogP contribution in [0.5, 0.6) is 0 Å². The lowest BCUT2D eigenvalue weighted by Gasteiger charge is -2.34. The van der Waals surface area contributed by atoms with E-state index in [1.54, 1.807) is 39.0 Å². The molecule has 1 aromatic rings. The second kappa shape index (κ2) is 11.3. The maximum Gasteiger partial charge on any atom is 0.407 e. The molecule has 1 aromatic carbocycles. The summed E-state index contributed by atoms with van der Waals surface area (Å²) in [6.45, 7) is 3.69. The number of hydrogen-bond donors (Lipinski definition) is 3. The number of amides is 5. The van der Waals surface area contributed by atoms with Crippen LogP contribution in [0.4, 0.5) is 9.59 Å². The number of imide groups is 1. The van der Waals surface area contributed by atoms with Gasteiger partial charge in [-0.2, -0.15) is 0 Å². The summed E-state index contributed by atoms with van der Waals surface area (Å²) in [6.07, 6.45) is 0.909. The van der Waals surface area contributed by atoms with Gasteiger partial charge in [-0.1, -0.05) is 18.2 Å². The van der Waals surface area contributed by atoms with Crippen molar-refractivity contribution in [2.75, 3.05) is 26.2 Å². The zero-order valence-corrected chi connectivity index (χ0v) is 19.3. The third-order valence-corrected chi connectivity index (χ3v) is 4.49. The van der Waals surface area contributed by atoms with E-state index in [1.165, 1.54) is 24.4 Å². The molecule has 1 heterocycles. The third-order valence-electron chi connectivity index (χ3n) is 4.49. The molecule has 34 heavy (non-hydrogen) atoms. The molecule has 0 aromatic heterocycles. The average molecular weight is 476 g/mol. The number of aliphatic carboxylic acids is 1. The van der Waals surface area contributed by atoms with Gasteiger partial charge >= 0.3 is 18.1 Å². The Hall–Kier alpha value is -3.93. The number of carbonyl (C=O) groups excluding carboxylic acids is 4. The predicted octanol–water partition coefficient (Wildman–Crippen LogP) is 0.801. The van der Waals surface area contributed by atoms with E-state index in [0.29, 0.717) is 0 Å². The van der Waals surface area contributed by atoms with Crippen LogP contribution in [0.15, 0.2) is 42.6 Å². The van der Waals surface area contributed by atoms with Gasteiger partial charge in [0.05, 0.1) is 0 Å². The number of ether oxygens (including phenoxy) is 1. The van der Waals surface area contributed by atoms with E-state index in [4.69, 9.17) is 15.6 Å². The summed E-state index contributed by atoms with van der Waals surface area (Å²) in [4.78, 5) is 64.2. The highest BCUT2D eigenvalue weighted by atomic mass is 16.6. The van der Waals surface area contributed by atoms with Crippen molar-refractivity contribution >= 4 is 29.9 Å². The number of alkyl carbamates (subject to hydrolysis) is 1. The van der Waals surface area contributed by atoms with E-state index in [0.717, 1.165) is 14.7 Å². The topological polar surface area (TPSA) is 163 Å². The average Bonchev–Trinajstić information content (AvgIpc) is 2.74. The molecule has 0 aliphatic carbocycles. The van der Waals surface area contributed by atoms with Crippen molar-refractivity contribution in [2.24, 2.45) is 5.73 Å². The summed E-state index contributed by atoms with van der Waals surface area (Å²) in [6, 6.07) is 7.23. The first-order chi connectivity index (χ1) is 15.9. The van der Waals surface area contributed by atoms with E-state index < -0.39 is 54.8 Å². The van der Waals surface area contributed by atoms with Crippen LogP contribution in [-0.4, -0.2) is 87.7 Å². The van der Waals surface area contributed by atoms with Gasteiger partial charge in [0.1, 0.15) is 24.9 Å². The molecule has 0 saturated carbocycles. The maximum atomic E-state index is 12.9. The second-order valence-corrected chi connectivity index (χ2v) is 8.42. The minimum absolute atomic E-state index is 0.0682. The highest BCUT2D eigenvalue weighted by Crippen LogP contribution is 2.15. The van der Waals surface area contributed by atoms with Crippen molar-refractivity contribution in [3.8, 4) is 0 Å². The number of nitrogens with two attached hydrogens (primary N) is 1. The van der Waals surface area contributed by atoms with Gasteiger partial charge in [0.2, 0.25) is 5.91 Å². The van der Waals surface area contributed by atoms with Crippen LogP contribution in [0.1, 0.15) is 31.1 Å². The van der Waals surface area contributed by atoms with E-state index in [9.17, 15) is 24.0 Å². The Balaban J connectivity index is 2.05. The zero-order valence-electron chi connectivity index (χ0n) is 19.3. The molecule has 0 bridgehead atoms. The number of carboxylic acids is 1. The van der Waals surface area contributed by atoms with Crippen LogP contribution in [0.25, 0.3) is 0 Å². The third kappa shape index (κ3) is 7.59. The first-order valence-electron chi connectivity index (χ1n) is 10.5. The Bertz CT molecular complexity index is 958. The van der Waals surface area contributed by atoms with E-state index in [-0.39, 0.29) is 18.7 Å². The molecule has 1 atom stereocenters. The number of urea groups is 1. The predicted molar refractivity (Wildman–Crippen MR) is 120 cm³/mol. The smallest absolute Gasteiger partial charge is 0.407 e. The standard InChI is InChI=1S/C22H29N5O7/c1-22(2,3)34-20(32)24-10-12-25(14-18(29)30)17(28)13-26-11-9-16(23)27(21(26)33)19(31)15-7-5-4-6-8-15/h4-9,11,16H,10,12-14,23H2,1-3H3,(H,24,32)(H,29,30). The summed E-state index contributed by atoms with van der Waals surface area (Å²) in [5, 5.41) is 11.6. The number of nitrogens with zero attached hydrogens (tertiary/aromatic N) is 3. The van der Waals surface area contributed by atoms with Crippen LogP contribution in [0.3, 0.4) is 0 Å². The maximum absolute atomic E-state index is 12.9. The summed E-state index contributed by atoms with van der Waals surface area (Å²) >= 11 is 0. The zero-order chi connectivity index (χ0) is 25.5. The minimum atomic E-state index is -1.27. The van der Waals surface area contributed by atoms with Crippen LogP contribution in [0.2, 0.25) is 0 Å². The highest BCUT2D eigenvalue weighted by molar-refractivity contribution is 6.05. The molecule has 2 rings (SSSR count). The highest BCUT2D eigenvalue weighted by Gasteiger charge is 2.35. The number of carboxylic acid groups (broad SMARTS) is 1. The van der Waals surface area contributed by atoms with E-state index in [2.05, 4.69) is 5.32 Å². The van der Waals surface area contributed by atoms with Crippen LogP contribution >= 0.6 is 0 Å². The lowest BCUT2D eigenvalue weighted by atomic mass is 10.2. The minimum Gasteiger partial charge on any atom is -0.480 e. The van der Waals surface area contributed by atoms with Gasteiger partial charge in [-0.25, -0.2) is 14.5 Å². The Labute approximate surface area is 196 Å². The molecular formula is C22H29N5O7. The molecule has 0 fully saturated rings. The van der Waals surface area contributed by atoms with Gasteiger partial charge in [-0.05, 0) is 39.0 Å². The quantitative estimate of drug-likeness (QED) is 0.497. The monoisotopic (exact) mass is 475 g/mol. The molecule has 1 aliphatic heterocycles. The van der Waals surface area contributed by atoms with Crippen molar-refractivity contribution in [3.05, 3.63) is 48.2 Å². The summed E-state index contributed by atoms with van der Waals surface area (Å²) < 4.78 is 5.10. The Kier molecular flexibility index (Phi) is 8.73. The summed E-state index contributed by atoms with van der Waals surface area (Å²) in [7, 11) is 0. The second-order valence-electron chi connectivity index (χ2n) is 8.42. The number of rotatable bonds is 8. The molecule has 0 spiro atoms. The lowest BCUT2D eigenvalue weighted by molar-refractivity contribution is -0.144. The number of carbonyl (C=O) groups is 5. The Morgan fingerprint density at radius 1 is 1.18 bits per heavy atom. The van der Waals surface area contributed by atoms with Crippen molar-refractivity contribution in [2.45, 2.75) is 32.5 Å². The van der Waals surface area contributed by atoms with E-state index in [1.807, 2.05) is 0 Å². The van der Waals surface area contributed by atoms with Crippen LogP contribution in [-0.2, 0) is 14.3 Å². The van der Waals surface area contributed by atoms with Gasteiger partial charge in [-0.15, -0.1) is 0 Å². The molecule has 4 N–H and O–H groups in total. The van der Waals surface area contributed by atoms with Crippen LogP contribution < -0.4 is 11.1 Å². The molecule has 5 amide bonds. The van der Waals surface area contributed by atoms with Gasteiger partial charge < -0.3 is 25.8 Å². The first-order valence-corrected chi connectivity index (χ1v) is 10.5. The van der Waals surface area contributed by atoms with Crippen molar-refractivity contribution in [1.82, 2.24) is 20.0 Å². The van der Waals surface area contributed by atoms with E-state index >= 15 is 0 Å². The summed E-state index contributed by atoms with van der Waals surface area (Å²) in [5.74, 6) is -2.60. The SMILES string of the molecule is CC(C)(C)OC(=O)NCCN(CC(=O)O)C(=O)CN1C=CC(N)N(C(=O)c2ccccc2)C1=O. The summed E-state index contributed by atoms with van der Waals surface area (Å²) in [5.41, 5.74) is 5.44. The number of benzene rings is 1. The largest absolute Gasteiger partial charge is 0.480 e. The molecular weight excluding hydrogens is 446 g/mol. The molecule has 184 valence electrons. The fourth-order valence-electron chi connectivity index (χ4n) is 2.98. The van der Waals surface area contributed by atoms with Crippen molar-refractivity contribution in [1.29, 1.82) is 0 Å². The van der Waals surface area contributed by atoms with Gasteiger partial charge in [0.25, 0.3) is 5.91 Å². The molecule has 0 saturated heterocycles. The fourth-order valence-corrected chi connectivity index (χ4v) is 2.98. The molecule has 12 heteroatoms.